The largest absolute Gasteiger partial charge is 0.480 e. The summed E-state index contributed by atoms with van der Waals surface area (Å²) < 4.78 is 33.9. The van der Waals surface area contributed by atoms with Crippen LogP contribution in [0.4, 0.5) is 11.4 Å². The van der Waals surface area contributed by atoms with Gasteiger partial charge in [0, 0.05) is 11.1 Å². The number of fused-ring (bicyclic) bond motifs is 1. The van der Waals surface area contributed by atoms with E-state index < -0.39 is 16.1 Å². The zero-order chi connectivity index (χ0) is 24.1. The lowest BCUT2D eigenvalue weighted by Crippen LogP contribution is -2.32. The minimum Gasteiger partial charge on any atom is -0.480 e. The number of carbonyl (C=O) groups is 1. The Morgan fingerprint density at radius 1 is 0.912 bits per heavy atom. The third-order valence-corrected chi connectivity index (χ3v) is 6.94. The maximum Gasteiger partial charge on any atom is 0.265 e. The van der Waals surface area contributed by atoms with Crippen LogP contribution in [0.2, 0.25) is 5.02 Å². The van der Waals surface area contributed by atoms with Gasteiger partial charge in [0.05, 0.1) is 15.6 Å². The number of nitrogens with one attached hydrogen (secondary N) is 2. The molecule has 0 fully saturated rings. The van der Waals surface area contributed by atoms with Gasteiger partial charge in [-0.05, 0) is 54.3 Å². The second-order valence-corrected chi connectivity index (χ2v) is 9.68. The topological polar surface area (TPSA) is 84.5 Å². The van der Waals surface area contributed by atoms with Crippen LogP contribution in [0.3, 0.4) is 0 Å². The smallest absolute Gasteiger partial charge is 0.265 e. The molecule has 0 spiro atoms. The summed E-state index contributed by atoms with van der Waals surface area (Å²) in [6.45, 7) is 1.87. The predicted molar refractivity (Wildman–Crippen MR) is 136 cm³/mol. The molecule has 0 saturated carbocycles. The van der Waals surface area contributed by atoms with E-state index in [4.69, 9.17) is 16.3 Å². The number of para-hydroxylation sites is 1. The van der Waals surface area contributed by atoms with E-state index in [9.17, 15) is 13.2 Å². The molecule has 0 bridgehead atoms. The molecule has 2 N–H and O–H groups in total. The molecule has 0 aliphatic rings. The van der Waals surface area contributed by atoms with Gasteiger partial charge in [-0.25, -0.2) is 8.42 Å². The molecule has 4 aromatic carbocycles. The Hall–Kier alpha value is -3.55. The van der Waals surface area contributed by atoms with Gasteiger partial charge in [-0.3, -0.25) is 9.52 Å². The lowest BCUT2D eigenvalue weighted by Gasteiger charge is -2.18. The molecule has 0 heterocycles. The molecule has 0 radical (unpaired) electrons. The van der Waals surface area contributed by atoms with Gasteiger partial charge >= 0.3 is 0 Å². The standard InChI is InChI=1S/C26H23ClN2O4S/c1-2-24(33-25-13-7-9-18-8-3-4-10-21(18)25)26(30)28-19-14-16-20(17-15-19)34(31,32)29-23-12-6-5-11-22(23)27/h3-17,24,29H,2H2,1H3,(H,28,30)/t24-/m0/s1. The van der Waals surface area contributed by atoms with E-state index >= 15 is 0 Å². The molecule has 34 heavy (non-hydrogen) atoms. The van der Waals surface area contributed by atoms with E-state index in [1.54, 1.807) is 24.3 Å². The fourth-order valence-corrected chi connectivity index (χ4v) is 4.78. The van der Waals surface area contributed by atoms with Crippen molar-refractivity contribution >= 4 is 49.7 Å². The van der Waals surface area contributed by atoms with Crippen LogP contribution in [0.15, 0.2) is 95.9 Å². The van der Waals surface area contributed by atoms with E-state index in [1.807, 2.05) is 49.4 Å². The van der Waals surface area contributed by atoms with Crippen LogP contribution in [0, 0.1) is 0 Å². The Morgan fingerprint density at radius 2 is 1.59 bits per heavy atom. The van der Waals surface area contributed by atoms with E-state index in [-0.39, 0.29) is 16.5 Å². The summed E-state index contributed by atoms with van der Waals surface area (Å²) in [6.07, 6.45) is -0.250. The molecule has 0 aromatic heterocycles. The van der Waals surface area contributed by atoms with Crippen LogP contribution < -0.4 is 14.8 Å². The average Bonchev–Trinajstić information content (AvgIpc) is 2.84. The maximum absolute atomic E-state index is 12.9. The molecular formula is C26H23ClN2O4S. The summed E-state index contributed by atoms with van der Waals surface area (Å²) >= 11 is 6.05. The van der Waals surface area contributed by atoms with Gasteiger partial charge in [0.2, 0.25) is 0 Å². The van der Waals surface area contributed by atoms with Crippen molar-refractivity contribution in [1.29, 1.82) is 0 Å². The van der Waals surface area contributed by atoms with Gasteiger partial charge in [-0.2, -0.15) is 0 Å². The molecule has 0 aliphatic heterocycles. The highest BCUT2D eigenvalue weighted by Crippen LogP contribution is 2.27. The number of amides is 1. The number of anilines is 2. The summed E-state index contributed by atoms with van der Waals surface area (Å²) in [4.78, 5) is 12.9. The molecule has 174 valence electrons. The molecule has 4 aromatic rings. The number of hydrogen-bond donors (Lipinski definition) is 2. The van der Waals surface area contributed by atoms with Crippen molar-refractivity contribution in [1.82, 2.24) is 0 Å². The van der Waals surface area contributed by atoms with Crippen molar-refractivity contribution in [3.63, 3.8) is 0 Å². The van der Waals surface area contributed by atoms with Crippen LogP contribution in [0.5, 0.6) is 5.75 Å². The summed E-state index contributed by atoms with van der Waals surface area (Å²) in [5.41, 5.74) is 0.750. The predicted octanol–water partition coefficient (Wildman–Crippen LogP) is 6.09. The number of hydrogen-bond acceptors (Lipinski definition) is 4. The average molecular weight is 495 g/mol. The third kappa shape index (κ3) is 5.32. The van der Waals surface area contributed by atoms with Crippen molar-refractivity contribution < 1.29 is 17.9 Å². The van der Waals surface area contributed by atoms with Crippen LogP contribution >= 0.6 is 11.6 Å². The van der Waals surface area contributed by atoms with Crippen molar-refractivity contribution in [3.8, 4) is 5.75 Å². The molecule has 0 saturated heterocycles. The Kier molecular flexibility index (Phi) is 7.05. The van der Waals surface area contributed by atoms with Crippen LogP contribution in [0.25, 0.3) is 10.8 Å². The van der Waals surface area contributed by atoms with Crippen LogP contribution in [0.1, 0.15) is 13.3 Å². The Labute approximate surface area is 203 Å². The van der Waals surface area contributed by atoms with Crippen molar-refractivity contribution in [2.75, 3.05) is 10.0 Å². The first-order valence-corrected chi connectivity index (χ1v) is 12.6. The van der Waals surface area contributed by atoms with Gasteiger partial charge in [-0.1, -0.05) is 67.1 Å². The minimum atomic E-state index is -3.84. The Morgan fingerprint density at radius 3 is 2.32 bits per heavy atom. The Balaban J connectivity index is 1.45. The minimum absolute atomic E-state index is 0.0458. The first kappa shape index (κ1) is 23.6. The summed E-state index contributed by atoms with van der Waals surface area (Å²) in [7, 11) is -3.84. The summed E-state index contributed by atoms with van der Waals surface area (Å²) in [6, 6.07) is 26.0. The second-order valence-electron chi connectivity index (χ2n) is 7.59. The monoisotopic (exact) mass is 494 g/mol. The fourth-order valence-electron chi connectivity index (χ4n) is 3.46. The lowest BCUT2D eigenvalue weighted by atomic mass is 10.1. The van der Waals surface area contributed by atoms with Crippen molar-refractivity contribution in [3.05, 3.63) is 96.0 Å². The highest BCUT2D eigenvalue weighted by molar-refractivity contribution is 7.92. The van der Waals surface area contributed by atoms with Gasteiger partial charge in [0.15, 0.2) is 6.10 Å². The van der Waals surface area contributed by atoms with Crippen molar-refractivity contribution in [2.24, 2.45) is 0 Å². The fraction of sp³-hybridized carbons (Fsp3) is 0.115. The number of benzene rings is 4. The first-order valence-electron chi connectivity index (χ1n) is 10.7. The Bertz CT molecular complexity index is 1420. The zero-order valence-electron chi connectivity index (χ0n) is 18.4. The SMILES string of the molecule is CC[C@H](Oc1cccc2ccccc12)C(=O)Nc1ccc(S(=O)(=O)Nc2ccccc2Cl)cc1. The maximum atomic E-state index is 12.9. The molecular weight excluding hydrogens is 472 g/mol. The van der Waals surface area contributed by atoms with E-state index in [2.05, 4.69) is 10.0 Å². The van der Waals surface area contributed by atoms with Gasteiger partial charge in [-0.15, -0.1) is 0 Å². The summed E-state index contributed by atoms with van der Waals surface area (Å²) in [5, 5.41) is 5.05. The van der Waals surface area contributed by atoms with Crippen molar-refractivity contribution in [2.45, 2.75) is 24.3 Å². The van der Waals surface area contributed by atoms with Crippen LogP contribution in [-0.2, 0) is 14.8 Å². The molecule has 6 nitrogen and oxygen atoms in total. The summed E-state index contributed by atoms with van der Waals surface area (Å²) in [5.74, 6) is 0.312. The van der Waals surface area contributed by atoms with Gasteiger partial charge < -0.3 is 10.1 Å². The third-order valence-electron chi connectivity index (χ3n) is 5.23. The van der Waals surface area contributed by atoms with E-state index in [0.717, 1.165) is 10.8 Å². The number of halogens is 1. The number of ether oxygens (including phenoxy) is 1. The van der Waals surface area contributed by atoms with Gasteiger partial charge in [0.1, 0.15) is 5.75 Å². The highest BCUT2D eigenvalue weighted by Gasteiger charge is 2.20. The normalized spacial score (nSPS) is 12.2. The molecule has 1 amide bonds. The zero-order valence-corrected chi connectivity index (χ0v) is 19.9. The van der Waals surface area contributed by atoms with E-state index in [1.165, 1.54) is 24.3 Å². The number of rotatable bonds is 8. The van der Waals surface area contributed by atoms with Gasteiger partial charge in [0.25, 0.3) is 15.9 Å². The second kappa shape index (κ2) is 10.2. The molecule has 0 aliphatic carbocycles. The molecule has 1 atom stereocenters. The quantitative estimate of drug-likeness (QED) is 0.310. The van der Waals surface area contributed by atoms with Crippen LogP contribution in [-0.4, -0.2) is 20.4 Å². The lowest BCUT2D eigenvalue weighted by molar-refractivity contribution is -0.122. The number of sulfonamides is 1. The first-order chi connectivity index (χ1) is 16.4. The van der Waals surface area contributed by atoms with E-state index in [0.29, 0.717) is 22.9 Å². The molecule has 8 heteroatoms. The number of carbonyl (C=O) groups excluding carboxylic acids is 1. The molecule has 4 rings (SSSR count). The highest BCUT2D eigenvalue weighted by atomic mass is 35.5. The molecule has 0 unspecified atom stereocenters.